The van der Waals surface area contributed by atoms with Crippen LogP contribution < -0.4 is 0 Å². The molecule has 0 radical (unpaired) electrons. The van der Waals surface area contributed by atoms with Crippen molar-refractivity contribution in [3.63, 3.8) is 0 Å². The lowest BCUT2D eigenvalue weighted by atomic mass is 10.1. The van der Waals surface area contributed by atoms with Crippen LogP contribution in [0.1, 0.15) is 5.69 Å². The second-order valence-corrected chi connectivity index (χ2v) is 6.63. The fourth-order valence-corrected chi connectivity index (χ4v) is 3.65. The zero-order chi connectivity index (χ0) is 16.8. The summed E-state index contributed by atoms with van der Waals surface area (Å²) in [5.74, 6) is 0. The van der Waals surface area contributed by atoms with E-state index in [9.17, 15) is 0 Å². The normalized spacial score (nSPS) is 11.4. The molecule has 4 heterocycles. The van der Waals surface area contributed by atoms with Gasteiger partial charge in [0.2, 0.25) is 4.96 Å². The Morgan fingerprint density at radius 2 is 1.96 bits per heavy atom. The summed E-state index contributed by atoms with van der Waals surface area (Å²) in [5.41, 5.74) is 7.47. The molecule has 0 amide bonds. The second kappa shape index (κ2) is 5.46. The Balaban J connectivity index is 1.81. The van der Waals surface area contributed by atoms with Crippen molar-refractivity contribution < 1.29 is 0 Å². The van der Waals surface area contributed by atoms with E-state index in [0.29, 0.717) is 0 Å². The highest BCUT2D eigenvalue weighted by Gasteiger charge is 2.19. The number of hydrogen-bond acceptors (Lipinski definition) is 5. The summed E-state index contributed by atoms with van der Waals surface area (Å²) < 4.78 is 1.89. The molecule has 0 spiro atoms. The van der Waals surface area contributed by atoms with Crippen molar-refractivity contribution in [2.45, 2.75) is 6.92 Å². The molecule has 0 N–H and O–H groups in total. The van der Waals surface area contributed by atoms with Crippen molar-refractivity contribution in [1.29, 1.82) is 0 Å². The molecule has 5 aromatic rings. The van der Waals surface area contributed by atoms with Crippen LogP contribution in [-0.2, 0) is 0 Å². The summed E-state index contributed by atoms with van der Waals surface area (Å²) in [6, 6.07) is 16.2. The Kier molecular flexibility index (Phi) is 3.11. The summed E-state index contributed by atoms with van der Waals surface area (Å²) >= 11 is 1.52. The molecule has 25 heavy (non-hydrogen) atoms. The molecule has 1 aromatic carbocycles. The van der Waals surface area contributed by atoms with Crippen molar-refractivity contribution in [2.24, 2.45) is 0 Å². The molecule has 5 rings (SSSR count). The summed E-state index contributed by atoms with van der Waals surface area (Å²) in [6.07, 6.45) is 1.81. The van der Waals surface area contributed by atoms with Gasteiger partial charge in [0.25, 0.3) is 0 Å². The van der Waals surface area contributed by atoms with Gasteiger partial charge in [0.05, 0.1) is 11.2 Å². The molecule has 0 aliphatic rings. The zero-order valence-electron chi connectivity index (χ0n) is 13.4. The van der Waals surface area contributed by atoms with Gasteiger partial charge in [-0.25, -0.2) is 9.50 Å². The van der Waals surface area contributed by atoms with Crippen molar-refractivity contribution in [2.75, 3.05) is 0 Å². The number of benzene rings is 1. The van der Waals surface area contributed by atoms with Crippen molar-refractivity contribution in [1.82, 2.24) is 24.6 Å². The topological polar surface area (TPSA) is 56.0 Å². The lowest BCUT2D eigenvalue weighted by Crippen LogP contribution is -1.93. The standard InChI is InChI=1S/C19H13N5S/c1-12-4-2-6-16(22-12)17-18(24-19(23-17)25-11-21-24)14-7-8-15-13(10-14)5-3-9-20-15/h2-11H,1H3. The summed E-state index contributed by atoms with van der Waals surface area (Å²) in [7, 11) is 0. The summed E-state index contributed by atoms with van der Waals surface area (Å²) in [5, 5.41) is 5.56. The Labute approximate surface area is 147 Å². The third kappa shape index (κ3) is 2.30. The van der Waals surface area contributed by atoms with Gasteiger partial charge in [-0.2, -0.15) is 5.10 Å². The predicted octanol–water partition coefficient (Wildman–Crippen LogP) is 4.38. The third-order valence-corrected chi connectivity index (χ3v) is 4.83. The van der Waals surface area contributed by atoms with Gasteiger partial charge < -0.3 is 0 Å². The van der Waals surface area contributed by atoms with E-state index in [4.69, 9.17) is 4.98 Å². The smallest absolute Gasteiger partial charge is 0.213 e. The Morgan fingerprint density at radius 3 is 2.88 bits per heavy atom. The molecule has 120 valence electrons. The molecule has 0 saturated heterocycles. The molecule has 0 fully saturated rings. The van der Waals surface area contributed by atoms with Gasteiger partial charge in [-0.3, -0.25) is 9.97 Å². The number of pyridine rings is 2. The van der Waals surface area contributed by atoms with Crippen LogP contribution in [0, 0.1) is 6.92 Å². The summed E-state index contributed by atoms with van der Waals surface area (Å²) in [4.78, 5) is 14.7. The SMILES string of the molecule is Cc1cccc(-c2nc3scnn3c2-c2ccc3ncccc3c2)n1. The fourth-order valence-electron chi connectivity index (χ4n) is 3.03. The lowest BCUT2D eigenvalue weighted by Gasteiger charge is -2.06. The van der Waals surface area contributed by atoms with Gasteiger partial charge >= 0.3 is 0 Å². The number of fused-ring (bicyclic) bond motifs is 2. The highest BCUT2D eigenvalue weighted by atomic mass is 32.1. The molecular formula is C19H13N5S. The van der Waals surface area contributed by atoms with Gasteiger partial charge in [0.1, 0.15) is 16.9 Å². The average Bonchev–Trinajstić information content (AvgIpc) is 3.22. The third-order valence-electron chi connectivity index (χ3n) is 4.15. The van der Waals surface area contributed by atoms with Gasteiger partial charge in [0.15, 0.2) is 0 Å². The van der Waals surface area contributed by atoms with Crippen molar-refractivity contribution in [3.05, 3.63) is 65.9 Å². The van der Waals surface area contributed by atoms with E-state index in [2.05, 4.69) is 33.3 Å². The monoisotopic (exact) mass is 343 g/mol. The van der Waals surface area contributed by atoms with Crippen LogP contribution in [-0.4, -0.2) is 24.6 Å². The van der Waals surface area contributed by atoms with Gasteiger partial charge in [0, 0.05) is 22.8 Å². The highest BCUT2D eigenvalue weighted by molar-refractivity contribution is 7.14. The van der Waals surface area contributed by atoms with Gasteiger partial charge in [-0.15, -0.1) is 0 Å². The minimum atomic E-state index is 0.853. The minimum Gasteiger partial charge on any atom is -0.256 e. The van der Waals surface area contributed by atoms with Crippen LogP contribution in [0.4, 0.5) is 0 Å². The first kappa shape index (κ1) is 14.2. The number of imidazole rings is 1. The Bertz CT molecular complexity index is 1220. The lowest BCUT2D eigenvalue weighted by molar-refractivity contribution is 0.981. The van der Waals surface area contributed by atoms with Crippen LogP contribution in [0.2, 0.25) is 0 Å². The molecule has 6 heteroatoms. The van der Waals surface area contributed by atoms with Crippen LogP contribution in [0.5, 0.6) is 0 Å². The highest BCUT2D eigenvalue weighted by Crippen LogP contribution is 2.33. The van der Waals surface area contributed by atoms with E-state index in [0.717, 1.165) is 44.2 Å². The Hall–Kier alpha value is -3.12. The molecule has 0 bridgehead atoms. The first-order chi connectivity index (χ1) is 12.3. The predicted molar refractivity (Wildman–Crippen MR) is 99.6 cm³/mol. The van der Waals surface area contributed by atoms with E-state index in [1.165, 1.54) is 11.3 Å². The van der Waals surface area contributed by atoms with Crippen LogP contribution in [0.25, 0.3) is 38.5 Å². The minimum absolute atomic E-state index is 0.853. The molecule has 5 nitrogen and oxygen atoms in total. The maximum atomic E-state index is 4.78. The first-order valence-electron chi connectivity index (χ1n) is 7.91. The molecule has 0 unspecified atom stereocenters. The number of nitrogens with zero attached hydrogens (tertiary/aromatic N) is 5. The molecule has 0 aliphatic heterocycles. The maximum absolute atomic E-state index is 4.78. The Morgan fingerprint density at radius 1 is 1.00 bits per heavy atom. The quantitative estimate of drug-likeness (QED) is 0.477. The summed E-state index contributed by atoms with van der Waals surface area (Å²) in [6.45, 7) is 1.99. The van der Waals surface area contributed by atoms with Gasteiger partial charge in [-0.1, -0.05) is 29.5 Å². The molecule has 0 atom stereocenters. The van der Waals surface area contributed by atoms with E-state index in [-0.39, 0.29) is 0 Å². The molecule has 0 aliphatic carbocycles. The average molecular weight is 343 g/mol. The van der Waals surface area contributed by atoms with Crippen LogP contribution >= 0.6 is 11.3 Å². The first-order valence-corrected chi connectivity index (χ1v) is 8.79. The number of aryl methyl sites for hydroxylation is 1. The maximum Gasteiger partial charge on any atom is 0.213 e. The van der Waals surface area contributed by atoms with Crippen molar-refractivity contribution >= 4 is 27.2 Å². The molecular weight excluding hydrogens is 330 g/mol. The van der Waals surface area contributed by atoms with Gasteiger partial charge in [-0.05, 0) is 37.3 Å². The largest absolute Gasteiger partial charge is 0.256 e. The van der Waals surface area contributed by atoms with E-state index < -0.39 is 0 Å². The van der Waals surface area contributed by atoms with Crippen LogP contribution in [0.3, 0.4) is 0 Å². The second-order valence-electron chi connectivity index (χ2n) is 5.82. The van der Waals surface area contributed by atoms with Crippen molar-refractivity contribution in [3.8, 4) is 22.6 Å². The number of aromatic nitrogens is 5. The van der Waals surface area contributed by atoms with E-state index in [1.54, 1.807) is 0 Å². The zero-order valence-corrected chi connectivity index (χ0v) is 14.2. The van der Waals surface area contributed by atoms with E-state index in [1.807, 2.05) is 53.5 Å². The van der Waals surface area contributed by atoms with Crippen LogP contribution in [0.15, 0.2) is 60.2 Å². The fraction of sp³-hybridized carbons (Fsp3) is 0.0526. The molecule has 4 aromatic heterocycles. The number of rotatable bonds is 2. The number of hydrogen-bond donors (Lipinski definition) is 0. The molecule has 0 saturated carbocycles. The van der Waals surface area contributed by atoms with E-state index >= 15 is 0 Å².